The molecule has 0 fully saturated rings. The lowest BCUT2D eigenvalue weighted by Gasteiger charge is -2.11. The fourth-order valence-electron chi connectivity index (χ4n) is 1.63. The van der Waals surface area contributed by atoms with Gasteiger partial charge in [0.15, 0.2) is 0 Å². The molecule has 0 aliphatic carbocycles. The van der Waals surface area contributed by atoms with Gasteiger partial charge in [-0.25, -0.2) is 4.39 Å². The summed E-state index contributed by atoms with van der Waals surface area (Å²) in [5.41, 5.74) is 2.61. The van der Waals surface area contributed by atoms with Gasteiger partial charge in [-0.15, -0.1) is 0 Å². The van der Waals surface area contributed by atoms with Crippen molar-refractivity contribution in [2.45, 2.75) is 6.92 Å². The Bertz CT molecular complexity index is 632. The van der Waals surface area contributed by atoms with Crippen molar-refractivity contribution in [1.82, 2.24) is 0 Å². The third-order valence-corrected chi connectivity index (χ3v) is 2.79. The van der Waals surface area contributed by atoms with Crippen molar-refractivity contribution in [3.05, 3.63) is 58.4 Å². The monoisotopic (exact) mass is 260 g/mol. The Morgan fingerprint density at radius 1 is 1.17 bits per heavy atom. The van der Waals surface area contributed by atoms with E-state index in [1.54, 1.807) is 31.2 Å². The maximum atomic E-state index is 13.0. The number of nitrogens with zero attached hydrogens (tertiary/aromatic N) is 1. The average Bonchev–Trinajstić information content (AvgIpc) is 2.33. The normalized spacial score (nSPS) is 9.89. The first kappa shape index (κ1) is 12.4. The highest BCUT2D eigenvalue weighted by atomic mass is 35.5. The summed E-state index contributed by atoms with van der Waals surface area (Å²) in [5, 5.41) is 12.6. The van der Waals surface area contributed by atoms with E-state index in [0.717, 1.165) is 11.3 Å². The molecule has 2 aromatic carbocycles. The van der Waals surface area contributed by atoms with Crippen molar-refractivity contribution in [1.29, 1.82) is 5.26 Å². The van der Waals surface area contributed by atoms with Crippen LogP contribution in [-0.2, 0) is 0 Å². The van der Waals surface area contributed by atoms with Gasteiger partial charge in [-0.2, -0.15) is 5.26 Å². The SMILES string of the molecule is Cc1cc(F)ccc1Nc1cc(Cl)ccc1C#N. The fraction of sp³-hybridized carbons (Fsp3) is 0.0714. The third-order valence-electron chi connectivity index (χ3n) is 2.56. The van der Waals surface area contributed by atoms with Gasteiger partial charge in [0.25, 0.3) is 0 Å². The lowest BCUT2D eigenvalue weighted by Crippen LogP contribution is -1.96. The first-order valence-electron chi connectivity index (χ1n) is 5.33. The molecule has 1 N–H and O–H groups in total. The van der Waals surface area contributed by atoms with Crippen LogP contribution in [0.4, 0.5) is 15.8 Å². The van der Waals surface area contributed by atoms with Crippen molar-refractivity contribution in [2.24, 2.45) is 0 Å². The van der Waals surface area contributed by atoms with Crippen molar-refractivity contribution < 1.29 is 4.39 Å². The van der Waals surface area contributed by atoms with Gasteiger partial charge in [-0.05, 0) is 48.9 Å². The number of benzene rings is 2. The zero-order valence-electron chi connectivity index (χ0n) is 9.67. The molecule has 90 valence electrons. The average molecular weight is 261 g/mol. The molecule has 0 amide bonds. The van der Waals surface area contributed by atoms with E-state index in [2.05, 4.69) is 11.4 Å². The van der Waals surface area contributed by atoms with Gasteiger partial charge >= 0.3 is 0 Å². The molecule has 2 aromatic rings. The van der Waals surface area contributed by atoms with E-state index in [0.29, 0.717) is 16.3 Å². The molecule has 4 heteroatoms. The molecule has 18 heavy (non-hydrogen) atoms. The highest BCUT2D eigenvalue weighted by Crippen LogP contribution is 2.26. The zero-order valence-corrected chi connectivity index (χ0v) is 10.4. The summed E-state index contributed by atoms with van der Waals surface area (Å²) in [6.45, 7) is 1.79. The van der Waals surface area contributed by atoms with Crippen LogP contribution in [0.25, 0.3) is 0 Å². The van der Waals surface area contributed by atoms with E-state index in [-0.39, 0.29) is 5.82 Å². The molecule has 0 saturated heterocycles. The summed E-state index contributed by atoms with van der Waals surface area (Å²) in [4.78, 5) is 0. The van der Waals surface area contributed by atoms with Crippen LogP contribution in [0.5, 0.6) is 0 Å². The molecule has 0 radical (unpaired) electrons. The first-order chi connectivity index (χ1) is 8.60. The van der Waals surface area contributed by atoms with Gasteiger partial charge in [0.1, 0.15) is 11.9 Å². The molecular weight excluding hydrogens is 251 g/mol. The number of nitriles is 1. The summed E-state index contributed by atoms with van der Waals surface area (Å²) >= 11 is 5.90. The van der Waals surface area contributed by atoms with E-state index in [1.165, 1.54) is 12.1 Å². The van der Waals surface area contributed by atoms with E-state index >= 15 is 0 Å². The third kappa shape index (κ3) is 2.61. The lowest BCUT2D eigenvalue weighted by molar-refractivity contribution is 0.627. The highest BCUT2D eigenvalue weighted by molar-refractivity contribution is 6.30. The summed E-state index contributed by atoms with van der Waals surface area (Å²) in [5.74, 6) is -0.287. The number of aryl methyl sites for hydroxylation is 1. The number of nitrogens with one attached hydrogen (secondary N) is 1. The van der Waals surface area contributed by atoms with Crippen LogP contribution >= 0.6 is 11.6 Å². The number of rotatable bonds is 2. The first-order valence-corrected chi connectivity index (χ1v) is 5.71. The Morgan fingerprint density at radius 3 is 2.61 bits per heavy atom. The van der Waals surface area contributed by atoms with Gasteiger partial charge in [0.05, 0.1) is 11.3 Å². The molecule has 0 bridgehead atoms. The van der Waals surface area contributed by atoms with E-state index < -0.39 is 0 Å². The second kappa shape index (κ2) is 5.07. The molecule has 0 aliphatic rings. The minimum Gasteiger partial charge on any atom is -0.354 e. The topological polar surface area (TPSA) is 35.8 Å². The lowest BCUT2D eigenvalue weighted by atomic mass is 10.1. The van der Waals surface area contributed by atoms with E-state index in [1.807, 2.05) is 0 Å². The Morgan fingerprint density at radius 2 is 1.94 bits per heavy atom. The Balaban J connectivity index is 2.40. The summed E-state index contributed by atoms with van der Waals surface area (Å²) in [6.07, 6.45) is 0. The second-order valence-electron chi connectivity index (χ2n) is 3.89. The summed E-state index contributed by atoms with van der Waals surface area (Å²) in [7, 11) is 0. The molecule has 0 spiro atoms. The van der Waals surface area contributed by atoms with Crippen molar-refractivity contribution in [3.8, 4) is 6.07 Å². The largest absolute Gasteiger partial charge is 0.354 e. The van der Waals surface area contributed by atoms with Gasteiger partial charge in [-0.3, -0.25) is 0 Å². The number of anilines is 2. The van der Waals surface area contributed by atoms with Crippen LogP contribution in [0.15, 0.2) is 36.4 Å². The predicted molar refractivity (Wildman–Crippen MR) is 70.6 cm³/mol. The van der Waals surface area contributed by atoms with Gasteiger partial charge in [0, 0.05) is 10.7 Å². The maximum Gasteiger partial charge on any atom is 0.123 e. The van der Waals surface area contributed by atoms with Crippen molar-refractivity contribution >= 4 is 23.0 Å². The second-order valence-corrected chi connectivity index (χ2v) is 4.32. The zero-order chi connectivity index (χ0) is 13.1. The van der Waals surface area contributed by atoms with Crippen LogP contribution in [0.1, 0.15) is 11.1 Å². The summed E-state index contributed by atoms with van der Waals surface area (Å²) in [6, 6.07) is 11.5. The standard InChI is InChI=1S/C14H10ClFN2/c1-9-6-12(16)4-5-13(9)18-14-7-11(15)3-2-10(14)8-17/h2-7,18H,1H3. The molecular formula is C14H10ClFN2. The molecule has 0 aliphatic heterocycles. The number of halogens is 2. The maximum absolute atomic E-state index is 13.0. The molecule has 2 nitrogen and oxygen atoms in total. The van der Waals surface area contributed by atoms with Crippen LogP contribution in [0.2, 0.25) is 5.02 Å². The minimum absolute atomic E-state index is 0.287. The number of hydrogen-bond acceptors (Lipinski definition) is 2. The van der Waals surface area contributed by atoms with Gasteiger partial charge < -0.3 is 5.32 Å². The van der Waals surface area contributed by atoms with Gasteiger partial charge in [-0.1, -0.05) is 11.6 Å². The van der Waals surface area contributed by atoms with E-state index in [4.69, 9.17) is 16.9 Å². The summed E-state index contributed by atoms with van der Waals surface area (Å²) < 4.78 is 13.0. The molecule has 0 atom stereocenters. The molecule has 0 unspecified atom stereocenters. The van der Waals surface area contributed by atoms with Crippen molar-refractivity contribution in [2.75, 3.05) is 5.32 Å². The van der Waals surface area contributed by atoms with Crippen molar-refractivity contribution in [3.63, 3.8) is 0 Å². The van der Waals surface area contributed by atoms with Gasteiger partial charge in [0.2, 0.25) is 0 Å². The molecule has 2 rings (SSSR count). The number of hydrogen-bond donors (Lipinski definition) is 1. The van der Waals surface area contributed by atoms with Crippen LogP contribution < -0.4 is 5.32 Å². The Kier molecular flexibility index (Phi) is 3.50. The Labute approximate surface area is 110 Å². The highest BCUT2D eigenvalue weighted by Gasteiger charge is 2.05. The molecule has 0 heterocycles. The van der Waals surface area contributed by atoms with Crippen LogP contribution in [0.3, 0.4) is 0 Å². The predicted octanol–water partition coefficient (Wildman–Crippen LogP) is 4.40. The molecule has 0 aromatic heterocycles. The molecule has 0 saturated carbocycles. The van der Waals surface area contributed by atoms with Crippen LogP contribution in [-0.4, -0.2) is 0 Å². The van der Waals surface area contributed by atoms with E-state index in [9.17, 15) is 4.39 Å². The van der Waals surface area contributed by atoms with Crippen LogP contribution in [0, 0.1) is 24.1 Å². The Hall–Kier alpha value is -2.05. The fourth-order valence-corrected chi connectivity index (χ4v) is 1.80. The quantitative estimate of drug-likeness (QED) is 0.869. The minimum atomic E-state index is -0.287. The smallest absolute Gasteiger partial charge is 0.123 e.